The Morgan fingerprint density at radius 3 is 2.94 bits per heavy atom. The topological polar surface area (TPSA) is 67.6 Å². The van der Waals surface area contributed by atoms with Crippen LogP contribution in [0.4, 0.5) is 5.82 Å². The fraction of sp³-hybridized carbons (Fsp3) is 0.167. The van der Waals surface area contributed by atoms with Gasteiger partial charge in [-0.05, 0) is 45.6 Å². The maximum absolute atomic E-state index is 8.80. The number of aromatic nitrogens is 2. The molecule has 88 valence electrons. The molecule has 0 spiro atoms. The Morgan fingerprint density at radius 2 is 2.47 bits per heavy atom. The Bertz CT molecular complexity index is 517. The first-order valence-electron chi connectivity index (χ1n) is 5.00. The zero-order valence-corrected chi connectivity index (χ0v) is 11.7. The van der Waals surface area contributed by atoms with E-state index in [2.05, 4.69) is 34.3 Å². The molecule has 1 aromatic rings. The van der Waals surface area contributed by atoms with E-state index < -0.39 is 0 Å². The Kier molecular flexibility index (Phi) is 4.97. The lowest BCUT2D eigenvalue weighted by atomic mass is 10.3. The summed E-state index contributed by atoms with van der Waals surface area (Å²) in [5.74, 6) is 0.360. The minimum absolute atomic E-state index is 0.360. The van der Waals surface area contributed by atoms with Gasteiger partial charge in [-0.25, -0.2) is 4.68 Å². The molecule has 0 fully saturated rings. The van der Waals surface area contributed by atoms with Gasteiger partial charge in [0.25, 0.3) is 0 Å². The zero-order valence-electron chi connectivity index (χ0n) is 9.52. The molecule has 17 heavy (non-hydrogen) atoms. The van der Waals surface area contributed by atoms with E-state index in [4.69, 9.17) is 11.0 Å². The molecule has 1 heterocycles. The van der Waals surface area contributed by atoms with E-state index >= 15 is 0 Å². The van der Waals surface area contributed by atoms with Crippen molar-refractivity contribution in [2.45, 2.75) is 13.3 Å². The van der Waals surface area contributed by atoms with E-state index in [0.717, 1.165) is 15.7 Å². The zero-order chi connectivity index (χ0) is 12.8. The third kappa shape index (κ3) is 3.46. The monoisotopic (exact) mass is 340 g/mol. The van der Waals surface area contributed by atoms with E-state index in [1.807, 2.05) is 31.2 Å². The highest BCUT2D eigenvalue weighted by Crippen LogP contribution is 2.17. The van der Waals surface area contributed by atoms with Crippen LogP contribution in [-0.2, 0) is 0 Å². The van der Waals surface area contributed by atoms with Gasteiger partial charge in [0.2, 0.25) is 0 Å². The van der Waals surface area contributed by atoms with Crippen LogP contribution in [0.3, 0.4) is 0 Å². The molecule has 5 heteroatoms. The Hall–Kier alpha value is -1.55. The van der Waals surface area contributed by atoms with Crippen molar-refractivity contribution in [3.8, 4) is 6.07 Å². The fourth-order valence-corrected chi connectivity index (χ4v) is 1.50. The summed E-state index contributed by atoms with van der Waals surface area (Å²) < 4.78 is 2.60. The van der Waals surface area contributed by atoms with E-state index in [0.29, 0.717) is 11.4 Å². The lowest BCUT2D eigenvalue weighted by Crippen LogP contribution is -2.02. The molecule has 0 radical (unpaired) electrons. The third-order valence-corrected chi connectivity index (χ3v) is 2.54. The van der Waals surface area contributed by atoms with E-state index in [9.17, 15) is 0 Å². The van der Waals surface area contributed by atoms with Gasteiger partial charge in [0.1, 0.15) is 17.5 Å². The van der Waals surface area contributed by atoms with Gasteiger partial charge in [-0.1, -0.05) is 18.7 Å². The molecule has 0 atom stereocenters. The molecule has 2 N–H and O–H groups in total. The van der Waals surface area contributed by atoms with Crippen LogP contribution in [0.5, 0.6) is 0 Å². The summed E-state index contributed by atoms with van der Waals surface area (Å²) >= 11 is 2.18. The first-order valence-corrected chi connectivity index (χ1v) is 6.08. The molecule has 1 aromatic heterocycles. The summed E-state index contributed by atoms with van der Waals surface area (Å²) in [6.07, 6.45) is 8.04. The summed E-state index contributed by atoms with van der Waals surface area (Å²) in [7, 11) is 0. The van der Waals surface area contributed by atoms with Gasteiger partial charge in [-0.2, -0.15) is 10.4 Å². The minimum atomic E-state index is 0.360. The second-order valence-corrected chi connectivity index (χ2v) is 4.83. The summed E-state index contributed by atoms with van der Waals surface area (Å²) in [5, 5.41) is 12.9. The normalized spacial score (nSPS) is 11.7. The Balaban J connectivity index is 2.96. The summed E-state index contributed by atoms with van der Waals surface area (Å²) in [4.78, 5) is 0. The standard InChI is InChI=1S/C12H13IN4/c1-3-11(6-4-5-9(2)13)17-12(15)10(7-14)8-16-17/h3-4,6,8H,2,5,15H2,1H3/b6-4-,11-3+. The number of hydrogen-bond acceptors (Lipinski definition) is 3. The summed E-state index contributed by atoms with van der Waals surface area (Å²) in [6.45, 7) is 5.71. The smallest absolute Gasteiger partial charge is 0.145 e. The van der Waals surface area contributed by atoms with Gasteiger partial charge in [0.15, 0.2) is 0 Å². The molecule has 0 saturated carbocycles. The maximum Gasteiger partial charge on any atom is 0.145 e. The summed E-state index contributed by atoms with van der Waals surface area (Å²) in [5.41, 5.74) is 7.03. The molecule has 4 nitrogen and oxygen atoms in total. The van der Waals surface area contributed by atoms with Gasteiger partial charge in [0, 0.05) is 0 Å². The van der Waals surface area contributed by atoms with Gasteiger partial charge in [0.05, 0.1) is 11.9 Å². The predicted octanol–water partition coefficient (Wildman–Crippen LogP) is 3.09. The summed E-state index contributed by atoms with van der Waals surface area (Å²) in [6, 6.07) is 1.99. The van der Waals surface area contributed by atoms with Crippen LogP contribution in [0, 0.1) is 11.3 Å². The number of nitrogen functional groups attached to an aromatic ring is 1. The predicted molar refractivity (Wildman–Crippen MR) is 78.2 cm³/mol. The number of nitrogens with two attached hydrogens (primary N) is 1. The molecule has 0 unspecified atom stereocenters. The van der Waals surface area contributed by atoms with Crippen LogP contribution in [0.2, 0.25) is 0 Å². The minimum Gasteiger partial charge on any atom is -0.382 e. The number of rotatable bonds is 4. The van der Waals surface area contributed by atoms with Crippen molar-refractivity contribution in [2.24, 2.45) is 0 Å². The van der Waals surface area contributed by atoms with Crippen molar-refractivity contribution >= 4 is 34.1 Å². The SMILES string of the molecule is C=C(I)C/C=C\C(=C/C)n1ncc(C#N)c1N. The van der Waals surface area contributed by atoms with Crippen LogP contribution >= 0.6 is 22.6 Å². The molecule has 0 aliphatic carbocycles. The maximum atomic E-state index is 8.80. The Labute approximate surface area is 114 Å². The lowest BCUT2D eigenvalue weighted by molar-refractivity contribution is 0.918. The molecule has 1 rings (SSSR count). The number of nitrogens with zero attached hydrogens (tertiary/aromatic N) is 3. The molecular weight excluding hydrogens is 327 g/mol. The van der Waals surface area contributed by atoms with E-state index in [1.165, 1.54) is 6.20 Å². The number of nitriles is 1. The van der Waals surface area contributed by atoms with Gasteiger partial charge in [-0.15, -0.1) is 0 Å². The highest BCUT2D eigenvalue weighted by Gasteiger charge is 2.07. The van der Waals surface area contributed by atoms with E-state index in [-0.39, 0.29) is 0 Å². The highest BCUT2D eigenvalue weighted by molar-refractivity contribution is 14.1. The van der Waals surface area contributed by atoms with E-state index in [1.54, 1.807) is 4.68 Å². The van der Waals surface area contributed by atoms with Crippen LogP contribution in [0.1, 0.15) is 18.9 Å². The molecule has 0 aromatic carbocycles. The van der Waals surface area contributed by atoms with Gasteiger partial charge in [-0.3, -0.25) is 0 Å². The fourth-order valence-electron chi connectivity index (χ4n) is 1.25. The second kappa shape index (κ2) is 6.25. The number of allylic oxidation sites excluding steroid dienone is 5. The van der Waals surface area contributed by atoms with Crippen molar-refractivity contribution in [2.75, 3.05) is 5.73 Å². The van der Waals surface area contributed by atoms with Crippen LogP contribution < -0.4 is 5.73 Å². The van der Waals surface area contributed by atoms with Crippen molar-refractivity contribution in [1.82, 2.24) is 9.78 Å². The third-order valence-electron chi connectivity index (χ3n) is 2.10. The second-order valence-electron chi connectivity index (χ2n) is 3.30. The average Bonchev–Trinajstić information content (AvgIpc) is 2.66. The number of hydrogen-bond donors (Lipinski definition) is 1. The molecule has 0 aliphatic rings. The first kappa shape index (κ1) is 13.5. The first-order chi connectivity index (χ1) is 8.10. The molecule has 0 bridgehead atoms. The largest absolute Gasteiger partial charge is 0.382 e. The van der Waals surface area contributed by atoms with Crippen LogP contribution in [0.15, 0.2) is 34.6 Å². The molecule has 0 aliphatic heterocycles. The number of halogens is 1. The Morgan fingerprint density at radius 1 is 1.76 bits per heavy atom. The average molecular weight is 340 g/mol. The van der Waals surface area contributed by atoms with Crippen molar-refractivity contribution in [3.05, 3.63) is 40.1 Å². The van der Waals surface area contributed by atoms with Crippen molar-refractivity contribution in [1.29, 1.82) is 5.26 Å². The van der Waals surface area contributed by atoms with Gasteiger partial charge >= 0.3 is 0 Å². The lowest BCUT2D eigenvalue weighted by Gasteiger charge is -2.04. The van der Waals surface area contributed by atoms with Crippen molar-refractivity contribution < 1.29 is 0 Å². The van der Waals surface area contributed by atoms with Crippen LogP contribution in [0.25, 0.3) is 5.70 Å². The van der Waals surface area contributed by atoms with Crippen molar-refractivity contribution in [3.63, 3.8) is 0 Å². The van der Waals surface area contributed by atoms with Crippen LogP contribution in [-0.4, -0.2) is 9.78 Å². The highest BCUT2D eigenvalue weighted by atomic mass is 127. The quantitative estimate of drug-likeness (QED) is 0.677. The molecule has 0 amide bonds. The van der Waals surface area contributed by atoms with Gasteiger partial charge < -0.3 is 5.73 Å². The molecule has 0 saturated heterocycles. The molecular formula is C12H13IN4. The number of anilines is 1.